The summed E-state index contributed by atoms with van der Waals surface area (Å²) in [5.74, 6) is 4.41. The number of carbonyl (C=O) groups excluding carboxylic acids is 1. The van der Waals surface area contributed by atoms with Gasteiger partial charge in [-0.2, -0.15) is 23.5 Å². The first-order valence-electron chi connectivity index (χ1n) is 9.01. The number of nitrogens with one attached hydrogen (secondary N) is 1. The standard InChI is InChI=1S/C18H24N2O3S3/c21-18(13-4-2-1-3-5-13)19-16-12-26(22,23)17-9-20(8-15(16)17)14-10-24-6-7-25-11-14/h1-5,14-17H,6-12H2,(H,19,21)/t15-,16+,17-/m0/s1. The zero-order chi connectivity index (χ0) is 18.1. The van der Waals surface area contributed by atoms with E-state index in [9.17, 15) is 13.2 Å². The van der Waals surface area contributed by atoms with Gasteiger partial charge in [0.1, 0.15) is 0 Å². The molecular formula is C18H24N2O3S3. The Hall–Kier alpha value is -0.700. The Morgan fingerprint density at radius 1 is 1.08 bits per heavy atom. The molecule has 1 aromatic carbocycles. The molecular weight excluding hydrogens is 388 g/mol. The minimum absolute atomic E-state index is 0.00548. The summed E-state index contributed by atoms with van der Waals surface area (Å²) < 4.78 is 25.4. The Bertz CT molecular complexity index is 748. The normalized spacial score (nSPS) is 32.1. The van der Waals surface area contributed by atoms with Crippen LogP contribution < -0.4 is 5.32 Å². The molecule has 0 bridgehead atoms. The maximum Gasteiger partial charge on any atom is 0.251 e. The number of carbonyl (C=O) groups is 1. The summed E-state index contributed by atoms with van der Waals surface area (Å²) in [6.45, 7) is 1.39. The maximum absolute atomic E-state index is 12.7. The number of fused-ring (bicyclic) bond motifs is 1. The van der Waals surface area contributed by atoms with Gasteiger partial charge in [0.2, 0.25) is 0 Å². The van der Waals surface area contributed by atoms with Crippen molar-refractivity contribution in [1.82, 2.24) is 10.2 Å². The van der Waals surface area contributed by atoms with Crippen LogP contribution in [0, 0.1) is 5.92 Å². The Morgan fingerprint density at radius 3 is 2.46 bits per heavy atom. The molecule has 26 heavy (non-hydrogen) atoms. The van der Waals surface area contributed by atoms with Crippen molar-refractivity contribution in [2.75, 3.05) is 41.9 Å². The highest BCUT2D eigenvalue weighted by Crippen LogP contribution is 2.36. The predicted octanol–water partition coefficient (Wildman–Crippen LogP) is 1.36. The van der Waals surface area contributed by atoms with E-state index in [1.165, 1.54) is 11.5 Å². The fourth-order valence-corrected chi connectivity index (χ4v) is 9.13. The SMILES string of the molecule is O=C(N[C@@H]1CS(=O)(=O)[C@H]2CN(C3CSCCSC3)C[C@@H]12)c1ccccc1. The van der Waals surface area contributed by atoms with Gasteiger partial charge < -0.3 is 5.32 Å². The van der Waals surface area contributed by atoms with Gasteiger partial charge in [-0.25, -0.2) is 8.42 Å². The summed E-state index contributed by atoms with van der Waals surface area (Å²) in [5, 5.41) is 2.67. The van der Waals surface area contributed by atoms with Crippen molar-refractivity contribution in [2.24, 2.45) is 5.92 Å². The van der Waals surface area contributed by atoms with Crippen LogP contribution in [-0.2, 0) is 9.84 Å². The number of rotatable bonds is 3. The van der Waals surface area contributed by atoms with Crippen LogP contribution in [0.1, 0.15) is 10.4 Å². The molecule has 1 N–H and O–H groups in total. The van der Waals surface area contributed by atoms with E-state index in [1.54, 1.807) is 12.1 Å². The highest BCUT2D eigenvalue weighted by molar-refractivity contribution is 8.03. The summed E-state index contributed by atoms with van der Waals surface area (Å²) in [7, 11) is -3.15. The van der Waals surface area contributed by atoms with E-state index in [0.29, 0.717) is 18.2 Å². The lowest BCUT2D eigenvalue weighted by Crippen LogP contribution is -2.44. The first-order chi connectivity index (χ1) is 12.5. The molecule has 0 unspecified atom stereocenters. The minimum atomic E-state index is -3.15. The Labute approximate surface area is 163 Å². The van der Waals surface area contributed by atoms with Gasteiger partial charge in [-0.3, -0.25) is 9.69 Å². The van der Waals surface area contributed by atoms with Crippen LogP contribution in [0.15, 0.2) is 30.3 Å². The molecule has 1 aromatic rings. The molecule has 0 aliphatic carbocycles. The van der Waals surface area contributed by atoms with E-state index in [-0.39, 0.29) is 28.9 Å². The highest BCUT2D eigenvalue weighted by Gasteiger charge is 2.53. The Kier molecular flexibility index (Phi) is 5.55. The number of thioether (sulfide) groups is 2. The highest BCUT2D eigenvalue weighted by atomic mass is 32.2. The number of likely N-dealkylation sites (tertiary alicyclic amines) is 1. The second kappa shape index (κ2) is 7.73. The summed E-state index contributed by atoms with van der Waals surface area (Å²) in [6.07, 6.45) is 0. The largest absolute Gasteiger partial charge is 0.348 e. The van der Waals surface area contributed by atoms with Crippen molar-refractivity contribution in [3.63, 3.8) is 0 Å². The molecule has 0 spiro atoms. The van der Waals surface area contributed by atoms with Crippen LogP contribution in [0.4, 0.5) is 0 Å². The summed E-state index contributed by atoms with van der Waals surface area (Å²) >= 11 is 3.93. The average Bonchev–Trinajstić information content (AvgIpc) is 3.04. The van der Waals surface area contributed by atoms with E-state index in [4.69, 9.17) is 0 Å². The molecule has 3 saturated heterocycles. The molecule has 4 rings (SSSR count). The molecule has 3 heterocycles. The van der Waals surface area contributed by atoms with E-state index < -0.39 is 9.84 Å². The van der Waals surface area contributed by atoms with Gasteiger partial charge in [0.05, 0.1) is 11.0 Å². The quantitative estimate of drug-likeness (QED) is 0.809. The summed E-state index contributed by atoms with van der Waals surface area (Å²) in [5.41, 5.74) is 0.583. The summed E-state index contributed by atoms with van der Waals surface area (Å²) in [6, 6.07) is 9.19. The van der Waals surface area contributed by atoms with Gasteiger partial charge >= 0.3 is 0 Å². The number of amides is 1. The second-order valence-electron chi connectivity index (χ2n) is 7.24. The van der Waals surface area contributed by atoms with Crippen molar-refractivity contribution in [1.29, 1.82) is 0 Å². The molecule has 3 aliphatic rings. The molecule has 0 radical (unpaired) electrons. The monoisotopic (exact) mass is 412 g/mol. The molecule has 0 saturated carbocycles. The molecule has 3 atom stereocenters. The number of hydrogen-bond donors (Lipinski definition) is 1. The van der Waals surface area contributed by atoms with Crippen LogP contribution in [0.3, 0.4) is 0 Å². The lowest BCUT2D eigenvalue weighted by atomic mass is 10.00. The van der Waals surface area contributed by atoms with Crippen molar-refractivity contribution in [3.8, 4) is 0 Å². The average molecular weight is 413 g/mol. The smallest absolute Gasteiger partial charge is 0.251 e. The van der Waals surface area contributed by atoms with Gasteiger partial charge in [-0.15, -0.1) is 0 Å². The molecule has 8 heteroatoms. The van der Waals surface area contributed by atoms with Crippen LogP contribution in [0.2, 0.25) is 0 Å². The van der Waals surface area contributed by atoms with E-state index in [0.717, 1.165) is 18.1 Å². The Balaban J connectivity index is 1.47. The third kappa shape index (κ3) is 3.79. The van der Waals surface area contributed by atoms with Crippen molar-refractivity contribution in [2.45, 2.75) is 17.3 Å². The van der Waals surface area contributed by atoms with Gasteiger partial charge in [-0.05, 0) is 12.1 Å². The Morgan fingerprint density at radius 2 is 1.77 bits per heavy atom. The zero-order valence-corrected chi connectivity index (χ0v) is 17.0. The van der Waals surface area contributed by atoms with Crippen LogP contribution in [0.25, 0.3) is 0 Å². The van der Waals surface area contributed by atoms with Crippen LogP contribution in [0.5, 0.6) is 0 Å². The predicted molar refractivity (Wildman–Crippen MR) is 109 cm³/mol. The lowest BCUT2D eigenvalue weighted by molar-refractivity contribution is 0.0930. The molecule has 3 fully saturated rings. The van der Waals surface area contributed by atoms with Gasteiger partial charge in [0.15, 0.2) is 9.84 Å². The fraction of sp³-hybridized carbons (Fsp3) is 0.611. The first kappa shape index (κ1) is 18.7. The van der Waals surface area contributed by atoms with E-state index >= 15 is 0 Å². The number of benzene rings is 1. The zero-order valence-electron chi connectivity index (χ0n) is 14.5. The fourth-order valence-electron chi connectivity index (χ4n) is 4.20. The number of sulfone groups is 1. The minimum Gasteiger partial charge on any atom is -0.348 e. The van der Waals surface area contributed by atoms with Gasteiger partial charge in [0.25, 0.3) is 5.91 Å². The molecule has 0 aromatic heterocycles. The molecule has 5 nitrogen and oxygen atoms in total. The molecule has 1 amide bonds. The van der Waals surface area contributed by atoms with Gasteiger partial charge in [-0.1, -0.05) is 18.2 Å². The first-order valence-corrected chi connectivity index (χ1v) is 13.0. The summed E-state index contributed by atoms with van der Waals surface area (Å²) in [4.78, 5) is 14.9. The van der Waals surface area contributed by atoms with Crippen molar-refractivity contribution < 1.29 is 13.2 Å². The number of hydrogen-bond acceptors (Lipinski definition) is 6. The third-order valence-corrected chi connectivity index (χ3v) is 10.3. The van der Waals surface area contributed by atoms with Crippen molar-refractivity contribution >= 4 is 39.3 Å². The topological polar surface area (TPSA) is 66.5 Å². The molecule has 142 valence electrons. The van der Waals surface area contributed by atoms with E-state index in [2.05, 4.69) is 10.2 Å². The third-order valence-electron chi connectivity index (χ3n) is 5.59. The lowest BCUT2D eigenvalue weighted by Gasteiger charge is -2.27. The van der Waals surface area contributed by atoms with Crippen LogP contribution >= 0.6 is 23.5 Å². The van der Waals surface area contributed by atoms with E-state index in [1.807, 2.05) is 41.7 Å². The number of nitrogens with zero attached hydrogens (tertiary/aromatic N) is 1. The van der Waals surface area contributed by atoms with Gasteiger partial charge in [0, 0.05) is 59.7 Å². The second-order valence-corrected chi connectivity index (χ2v) is 11.8. The van der Waals surface area contributed by atoms with Crippen LogP contribution in [-0.4, -0.2) is 78.4 Å². The van der Waals surface area contributed by atoms with Crippen molar-refractivity contribution in [3.05, 3.63) is 35.9 Å². The molecule has 3 aliphatic heterocycles. The maximum atomic E-state index is 12.7.